The number of nitrogens with one attached hydrogen (secondary N) is 1. The zero-order valence-corrected chi connectivity index (χ0v) is 11.6. The van der Waals surface area contributed by atoms with E-state index in [0.29, 0.717) is 13.2 Å². The van der Waals surface area contributed by atoms with Crippen LogP contribution in [0, 0.1) is 11.6 Å². The second-order valence-corrected chi connectivity index (χ2v) is 4.27. The number of halogens is 2. The molecule has 1 aromatic carbocycles. The van der Waals surface area contributed by atoms with Crippen molar-refractivity contribution in [2.75, 3.05) is 38.8 Å². The van der Waals surface area contributed by atoms with Crippen molar-refractivity contribution in [3.05, 3.63) is 29.3 Å². The van der Waals surface area contributed by atoms with E-state index in [4.69, 9.17) is 10.5 Å². The van der Waals surface area contributed by atoms with Crippen LogP contribution in [0.1, 0.15) is 5.56 Å². The first-order valence-corrected chi connectivity index (χ1v) is 6.15. The van der Waals surface area contributed by atoms with Gasteiger partial charge in [-0.1, -0.05) is 6.07 Å². The molecule has 1 aromatic rings. The van der Waals surface area contributed by atoms with Gasteiger partial charge in [-0.2, -0.15) is 0 Å². The Bertz CT molecular complexity index is 469. The molecular weight excluding hydrogens is 268 g/mol. The molecule has 0 aliphatic rings. The first-order valence-electron chi connectivity index (χ1n) is 6.15. The Labute approximate surface area is 116 Å². The maximum atomic E-state index is 13.8. The van der Waals surface area contributed by atoms with Crippen LogP contribution in [0.2, 0.25) is 0 Å². The van der Waals surface area contributed by atoms with Crippen molar-refractivity contribution >= 4 is 11.6 Å². The molecule has 5 nitrogen and oxygen atoms in total. The SMILES string of the molecule is COCCNC(=O)CN(C)c1ccc(CN)c(F)c1F. The Morgan fingerprint density at radius 1 is 1.40 bits per heavy atom. The lowest BCUT2D eigenvalue weighted by Crippen LogP contribution is -2.37. The van der Waals surface area contributed by atoms with Gasteiger partial charge in [0.2, 0.25) is 5.91 Å². The summed E-state index contributed by atoms with van der Waals surface area (Å²) in [5.41, 5.74) is 5.41. The van der Waals surface area contributed by atoms with Gasteiger partial charge in [0.1, 0.15) is 0 Å². The molecule has 0 saturated carbocycles. The predicted octanol–water partition coefficient (Wildman–Crippen LogP) is 0.622. The molecule has 0 bridgehead atoms. The summed E-state index contributed by atoms with van der Waals surface area (Å²) >= 11 is 0. The number of methoxy groups -OCH3 is 1. The van der Waals surface area contributed by atoms with E-state index in [1.807, 2.05) is 0 Å². The Morgan fingerprint density at radius 3 is 2.70 bits per heavy atom. The summed E-state index contributed by atoms with van der Waals surface area (Å²) in [6, 6.07) is 2.82. The molecule has 0 aliphatic carbocycles. The van der Waals surface area contributed by atoms with Crippen molar-refractivity contribution in [3.63, 3.8) is 0 Å². The fourth-order valence-corrected chi connectivity index (χ4v) is 1.68. The van der Waals surface area contributed by atoms with E-state index in [2.05, 4.69) is 5.32 Å². The van der Waals surface area contributed by atoms with Gasteiger partial charge >= 0.3 is 0 Å². The molecule has 112 valence electrons. The first-order chi connectivity index (χ1) is 9.51. The van der Waals surface area contributed by atoms with E-state index >= 15 is 0 Å². The molecule has 1 rings (SSSR count). The number of hydrogen-bond acceptors (Lipinski definition) is 4. The fraction of sp³-hybridized carbons (Fsp3) is 0.462. The molecule has 0 aliphatic heterocycles. The zero-order chi connectivity index (χ0) is 15.1. The highest BCUT2D eigenvalue weighted by Crippen LogP contribution is 2.23. The lowest BCUT2D eigenvalue weighted by atomic mass is 10.1. The lowest BCUT2D eigenvalue weighted by Gasteiger charge is -2.20. The van der Waals surface area contributed by atoms with Gasteiger partial charge in [-0.05, 0) is 6.07 Å². The highest BCUT2D eigenvalue weighted by molar-refractivity contribution is 5.81. The van der Waals surface area contributed by atoms with Gasteiger partial charge in [0.05, 0.1) is 18.8 Å². The summed E-state index contributed by atoms with van der Waals surface area (Å²) < 4.78 is 32.2. The minimum atomic E-state index is -1.000. The molecule has 0 unspecified atom stereocenters. The van der Waals surface area contributed by atoms with Gasteiger partial charge in [-0.15, -0.1) is 0 Å². The molecule has 0 fully saturated rings. The summed E-state index contributed by atoms with van der Waals surface area (Å²) in [7, 11) is 3.03. The van der Waals surface area contributed by atoms with Crippen LogP contribution in [-0.4, -0.2) is 39.8 Å². The smallest absolute Gasteiger partial charge is 0.239 e. The third kappa shape index (κ3) is 4.14. The number of rotatable bonds is 7. The van der Waals surface area contributed by atoms with Gasteiger partial charge in [-0.25, -0.2) is 8.78 Å². The topological polar surface area (TPSA) is 67.6 Å². The Morgan fingerprint density at radius 2 is 2.10 bits per heavy atom. The number of carbonyl (C=O) groups excluding carboxylic acids is 1. The minimum Gasteiger partial charge on any atom is -0.383 e. The normalized spacial score (nSPS) is 10.4. The summed E-state index contributed by atoms with van der Waals surface area (Å²) in [4.78, 5) is 12.9. The monoisotopic (exact) mass is 287 g/mol. The summed E-state index contributed by atoms with van der Waals surface area (Å²) in [6.45, 7) is 0.599. The zero-order valence-electron chi connectivity index (χ0n) is 11.6. The Balaban J connectivity index is 2.70. The average molecular weight is 287 g/mol. The molecule has 1 amide bonds. The van der Waals surface area contributed by atoms with E-state index in [1.165, 1.54) is 31.2 Å². The van der Waals surface area contributed by atoms with Crippen molar-refractivity contribution in [1.29, 1.82) is 0 Å². The van der Waals surface area contributed by atoms with Crippen molar-refractivity contribution in [3.8, 4) is 0 Å². The van der Waals surface area contributed by atoms with Crippen molar-refractivity contribution in [2.45, 2.75) is 6.54 Å². The molecule has 0 heterocycles. The molecule has 0 aromatic heterocycles. The number of hydrogen-bond donors (Lipinski definition) is 2. The van der Waals surface area contributed by atoms with E-state index in [1.54, 1.807) is 0 Å². The highest BCUT2D eigenvalue weighted by Gasteiger charge is 2.16. The summed E-state index contributed by atoms with van der Waals surface area (Å²) in [5.74, 6) is -2.27. The molecule has 0 saturated heterocycles. The number of benzene rings is 1. The number of ether oxygens (including phenoxy) is 1. The second-order valence-electron chi connectivity index (χ2n) is 4.27. The maximum absolute atomic E-state index is 13.8. The lowest BCUT2D eigenvalue weighted by molar-refractivity contribution is -0.119. The van der Waals surface area contributed by atoms with E-state index in [9.17, 15) is 13.6 Å². The third-order valence-corrected chi connectivity index (χ3v) is 2.78. The minimum absolute atomic E-state index is 0.0154. The first kappa shape index (κ1) is 16.3. The standard InChI is InChI=1S/C13H19F2N3O2/c1-18(8-11(19)17-5-6-20-2)10-4-3-9(7-16)12(14)13(10)15/h3-4H,5-8,16H2,1-2H3,(H,17,19). The van der Waals surface area contributed by atoms with Crippen LogP contribution < -0.4 is 16.0 Å². The third-order valence-electron chi connectivity index (χ3n) is 2.78. The van der Waals surface area contributed by atoms with E-state index in [0.717, 1.165) is 0 Å². The molecule has 0 spiro atoms. The number of carbonyl (C=O) groups is 1. The fourth-order valence-electron chi connectivity index (χ4n) is 1.68. The van der Waals surface area contributed by atoms with Gasteiger partial charge in [0.25, 0.3) is 0 Å². The summed E-state index contributed by atoms with van der Waals surface area (Å²) in [5, 5.41) is 2.60. The van der Waals surface area contributed by atoms with E-state index < -0.39 is 11.6 Å². The van der Waals surface area contributed by atoms with Crippen LogP contribution in [0.3, 0.4) is 0 Å². The molecule has 0 radical (unpaired) electrons. The predicted molar refractivity (Wildman–Crippen MR) is 72.4 cm³/mol. The van der Waals surface area contributed by atoms with Crippen LogP contribution in [0.15, 0.2) is 12.1 Å². The van der Waals surface area contributed by atoms with E-state index in [-0.39, 0.29) is 30.2 Å². The quantitative estimate of drug-likeness (QED) is 0.722. The largest absolute Gasteiger partial charge is 0.383 e. The van der Waals surface area contributed by atoms with Crippen molar-refractivity contribution in [2.24, 2.45) is 5.73 Å². The van der Waals surface area contributed by atoms with Gasteiger partial charge in [0, 0.05) is 32.8 Å². The molecular formula is C13H19F2N3O2. The maximum Gasteiger partial charge on any atom is 0.239 e. The molecule has 20 heavy (non-hydrogen) atoms. The summed E-state index contributed by atoms with van der Waals surface area (Å²) in [6.07, 6.45) is 0. The second kappa shape index (κ2) is 7.76. The Hall–Kier alpha value is -1.73. The number of amides is 1. The molecule has 7 heteroatoms. The van der Waals surface area contributed by atoms with Crippen LogP contribution in [0.4, 0.5) is 14.5 Å². The van der Waals surface area contributed by atoms with Crippen molar-refractivity contribution < 1.29 is 18.3 Å². The number of nitrogens with two attached hydrogens (primary N) is 1. The number of likely N-dealkylation sites (N-methyl/N-ethyl adjacent to an activating group) is 1. The van der Waals surface area contributed by atoms with Crippen LogP contribution in [-0.2, 0) is 16.1 Å². The van der Waals surface area contributed by atoms with Crippen LogP contribution >= 0.6 is 0 Å². The van der Waals surface area contributed by atoms with Crippen LogP contribution in [0.5, 0.6) is 0 Å². The highest BCUT2D eigenvalue weighted by atomic mass is 19.2. The van der Waals surface area contributed by atoms with Gasteiger partial charge < -0.3 is 20.7 Å². The van der Waals surface area contributed by atoms with Crippen LogP contribution in [0.25, 0.3) is 0 Å². The molecule has 0 atom stereocenters. The molecule has 3 N–H and O–H groups in total. The van der Waals surface area contributed by atoms with Crippen molar-refractivity contribution in [1.82, 2.24) is 5.32 Å². The Kier molecular flexibility index (Phi) is 6.33. The number of anilines is 1. The number of nitrogens with zero attached hydrogens (tertiary/aromatic N) is 1. The van der Waals surface area contributed by atoms with Gasteiger partial charge in [0.15, 0.2) is 11.6 Å². The average Bonchev–Trinajstić information content (AvgIpc) is 2.41. The van der Waals surface area contributed by atoms with Gasteiger partial charge in [-0.3, -0.25) is 4.79 Å².